The zero-order chi connectivity index (χ0) is 20.4. The van der Waals surface area contributed by atoms with Crippen molar-refractivity contribution in [3.63, 3.8) is 0 Å². The Bertz CT molecular complexity index is 890. The number of rotatable bonds is 7. The lowest BCUT2D eigenvalue weighted by molar-refractivity contribution is -0.143. The summed E-state index contributed by atoms with van der Waals surface area (Å²) in [6.45, 7) is 5.79. The number of ether oxygens (including phenoxy) is 1. The van der Waals surface area contributed by atoms with Gasteiger partial charge in [0.2, 0.25) is 11.8 Å². The lowest BCUT2D eigenvalue weighted by Crippen LogP contribution is -2.48. The SMILES string of the molecule is CCN(CC(=O)N1CCc2sccc2[C@H]1COc1ccccc1C)C(=O)C1CC1. The van der Waals surface area contributed by atoms with Gasteiger partial charge in [-0.25, -0.2) is 0 Å². The normalized spacial score (nSPS) is 18.3. The van der Waals surface area contributed by atoms with Gasteiger partial charge in [-0.1, -0.05) is 18.2 Å². The summed E-state index contributed by atoms with van der Waals surface area (Å²) in [5, 5.41) is 2.09. The van der Waals surface area contributed by atoms with Gasteiger partial charge < -0.3 is 14.5 Å². The summed E-state index contributed by atoms with van der Waals surface area (Å²) in [6.07, 6.45) is 2.78. The van der Waals surface area contributed by atoms with Crippen LogP contribution in [0.4, 0.5) is 0 Å². The summed E-state index contributed by atoms with van der Waals surface area (Å²) in [4.78, 5) is 30.6. The Morgan fingerprint density at radius 3 is 2.76 bits per heavy atom. The summed E-state index contributed by atoms with van der Waals surface area (Å²) in [5.41, 5.74) is 2.26. The molecule has 1 aromatic heterocycles. The Morgan fingerprint density at radius 2 is 2.03 bits per heavy atom. The number of nitrogens with zero attached hydrogens (tertiary/aromatic N) is 2. The molecular formula is C23H28N2O3S. The molecule has 1 aliphatic heterocycles. The van der Waals surface area contributed by atoms with E-state index >= 15 is 0 Å². The van der Waals surface area contributed by atoms with Crippen molar-refractivity contribution in [3.8, 4) is 5.75 Å². The van der Waals surface area contributed by atoms with E-state index in [1.807, 2.05) is 43.0 Å². The third-order valence-electron chi connectivity index (χ3n) is 5.85. The first-order chi connectivity index (χ1) is 14.1. The predicted molar refractivity (Wildman–Crippen MR) is 114 cm³/mol. The van der Waals surface area contributed by atoms with Gasteiger partial charge in [-0.15, -0.1) is 11.3 Å². The molecule has 0 bridgehead atoms. The van der Waals surface area contributed by atoms with Crippen LogP contribution < -0.4 is 4.74 Å². The molecule has 154 valence electrons. The van der Waals surface area contributed by atoms with Crippen molar-refractivity contribution in [2.45, 2.75) is 39.2 Å². The highest BCUT2D eigenvalue weighted by atomic mass is 32.1. The second-order valence-corrected chi connectivity index (χ2v) is 8.86. The molecule has 2 aliphatic rings. The molecule has 6 heteroatoms. The molecule has 29 heavy (non-hydrogen) atoms. The molecule has 2 heterocycles. The maximum Gasteiger partial charge on any atom is 0.242 e. The Morgan fingerprint density at radius 1 is 1.24 bits per heavy atom. The molecule has 0 radical (unpaired) electrons. The van der Waals surface area contributed by atoms with E-state index in [9.17, 15) is 9.59 Å². The summed E-state index contributed by atoms with van der Waals surface area (Å²) >= 11 is 1.75. The highest BCUT2D eigenvalue weighted by Gasteiger charge is 2.36. The van der Waals surface area contributed by atoms with Crippen LogP contribution in [-0.4, -0.2) is 47.9 Å². The fourth-order valence-corrected chi connectivity index (χ4v) is 4.88. The second-order valence-electron chi connectivity index (χ2n) is 7.86. The van der Waals surface area contributed by atoms with Crippen molar-refractivity contribution in [1.29, 1.82) is 0 Å². The lowest BCUT2D eigenvalue weighted by Gasteiger charge is -2.37. The van der Waals surface area contributed by atoms with Gasteiger partial charge in [0, 0.05) is 23.9 Å². The molecule has 2 amide bonds. The Balaban J connectivity index is 1.50. The number of carbonyl (C=O) groups excluding carboxylic acids is 2. The Labute approximate surface area is 176 Å². The maximum absolute atomic E-state index is 13.2. The maximum atomic E-state index is 13.2. The molecule has 1 aliphatic carbocycles. The molecule has 2 aromatic rings. The monoisotopic (exact) mass is 412 g/mol. The zero-order valence-corrected chi connectivity index (χ0v) is 17.9. The molecule has 1 fully saturated rings. The van der Waals surface area contributed by atoms with Gasteiger partial charge in [-0.05, 0) is 61.7 Å². The van der Waals surface area contributed by atoms with Crippen LogP contribution in [0, 0.1) is 12.8 Å². The number of benzene rings is 1. The summed E-state index contributed by atoms with van der Waals surface area (Å²) in [6, 6.07) is 9.94. The molecule has 5 nitrogen and oxygen atoms in total. The lowest BCUT2D eigenvalue weighted by atomic mass is 10.0. The van der Waals surface area contributed by atoms with Crippen LogP contribution in [-0.2, 0) is 16.0 Å². The van der Waals surface area contributed by atoms with Gasteiger partial charge in [0.25, 0.3) is 0 Å². The van der Waals surface area contributed by atoms with Crippen molar-refractivity contribution in [2.75, 3.05) is 26.2 Å². The van der Waals surface area contributed by atoms with Gasteiger partial charge >= 0.3 is 0 Å². The van der Waals surface area contributed by atoms with Gasteiger partial charge in [0.15, 0.2) is 0 Å². The number of para-hydroxylation sites is 1. The number of amides is 2. The Hall–Kier alpha value is -2.34. The molecule has 0 unspecified atom stereocenters. The Kier molecular flexibility index (Phi) is 5.90. The van der Waals surface area contributed by atoms with Crippen molar-refractivity contribution in [1.82, 2.24) is 9.80 Å². The van der Waals surface area contributed by atoms with Crippen LogP contribution >= 0.6 is 11.3 Å². The largest absolute Gasteiger partial charge is 0.491 e. The number of hydrogen-bond donors (Lipinski definition) is 0. The number of likely N-dealkylation sites (N-methyl/N-ethyl adjacent to an activating group) is 1. The minimum absolute atomic E-state index is 0.0103. The summed E-state index contributed by atoms with van der Waals surface area (Å²) < 4.78 is 6.14. The minimum Gasteiger partial charge on any atom is -0.491 e. The highest BCUT2D eigenvalue weighted by Crippen LogP contribution is 2.35. The van der Waals surface area contributed by atoms with E-state index < -0.39 is 0 Å². The predicted octanol–water partition coefficient (Wildman–Crippen LogP) is 3.82. The molecule has 0 spiro atoms. The zero-order valence-electron chi connectivity index (χ0n) is 17.1. The number of thiophene rings is 1. The van der Waals surface area contributed by atoms with Gasteiger partial charge in [-0.3, -0.25) is 9.59 Å². The molecule has 1 saturated carbocycles. The number of aryl methyl sites for hydroxylation is 1. The van der Waals surface area contributed by atoms with Crippen LogP contribution in [0.2, 0.25) is 0 Å². The van der Waals surface area contributed by atoms with Gasteiger partial charge in [0.1, 0.15) is 12.4 Å². The number of hydrogen-bond acceptors (Lipinski definition) is 4. The van der Waals surface area contributed by atoms with Crippen molar-refractivity contribution in [2.24, 2.45) is 5.92 Å². The third kappa shape index (κ3) is 4.32. The molecule has 4 rings (SSSR count). The van der Waals surface area contributed by atoms with E-state index in [2.05, 4.69) is 11.4 Å². The van der Waals surface area contributed by atoms with E-state index in [0.29, 0.717) is 19.7 Å². The van der Waals surface area contributed by atoms with Gasteiger partial charge in [0.05, 0.1) is 12.6 Å². The van der Waals surface area contributed by atoms with Crippen LogP contribution in [0.3, 0.4) is 0 Å². The smallest absolute Gasteiger partial charge is 0.242 e. The molecule has 1 aromatic carbocycles. The average molecular weight is 413 g/mol. The topological polar surface area (TPSA) is 49.9 Å². The molecule has 1 atom stereocenters. The quantitative estimate of drug-likeness (QED) is 0.695. The fourth-order valence-electron chi connectivity index (χ4n) is 3.95. The van der Waals surface area contributed by atoms with Crippen LogP contribution in [0.1, 0.15) is 41.8 Å². The molecular weight excluding hydrogens is 384 g/mol. The van der Waals surface area contributed by atoms with E-state index in [1.165, 1.54) is 10.4 Å². The van der Waals surface area contributed by atoms with E-state index in [-0.39, 0.29) is 30.3 Å². The first-order valence-corrected chi connectivity index (χ1v) is 11.3. The van der Waals surface area contributed by atoms with Gasteiger partial charge in [-0.2, -0.15) is 0 Å². The second kappa shape index (κ2) is 8.57. The van der Waals surface area contributed by atoms with E-state index in [4.69, 9.17) is 4.74 Å². The first kappa shape index (κ1) is 20.0. The van der Waals surface area contributed by atoms with Crippen LogP contribution in [0.15, 0.2) is 35.7 Å². The van der Waals surface area contributed by atoms with Crippen molar-refractivity contribution < 1.29 is 14.3 Å². The molecule has 0 saturated heterocycles. The molecule has 0 N–H and O–H groups in total. The number of fused-ring (bicyclic) bond motifs is 1. The van der Waals surface area contributed by atoms with Crippen LogP contribution in [0.5, 0.6) is 5.75 Å². The van der Waals surface area contributed by atoms with E-state index in [1.54, 1.807) is 16.2 Å². The summed E-state index contributed by atoms with van der Waals surface area (Å²) in [5.74, 6) is 1.12. The van der Waals surface area contributed by atoms with Crippen molar-refractivity contribution in [3.05, 3.63) is 51.7 Å². The van der Waals surface area contributed by atoms with Crippen LogP contribution in [0.25, 0.3) is 0 Å². The number of carbonyl (C=O) groups is 2. The standard InChI is InChI=1S/C23H28N2O3S/c1-3-24(23(27)17-8-9-17)14-22(26)25-12-10-21-18(11-13-29-21)19(25)15-28-20-7-5-4-6-16(20)2/h4-7,11,13,17,19H,3,8-10,12,14-15H2,1-2H3/t19-/m1/s1. The summed E-state index contributed by atoms with van der Waals surface area (Å²) in [7, 11) is 0. The first-order valence-electron chi connectivity index (χ1n) is 10.4. The van der Waals surface area contributed by atoms with E-state index in [0.717, 1.165) is 30.6 Å². The average Bonchev–Trinajstić information content (AvgIpc) is 3.47. The third-order valence-corrected chi connectivity index (χ3v) is 6.85. The highest BCUT2D eigenvalue weighted by molar-refractivity contribution is 7.10. The van der Waals surface area contributed by atoms with Crippen molar-refractivity contribution >= 4 is 23.2 Å². The minimum atomic E-state index is -0.119. The fraction of sp³-hybridized carbons (Fsp3) is 0.478.